The maximum Gasteiger partial charge on any atom is 0.257 e. The number of aromatic nitrogens is 1. The molecule has 1 aromatic heterocycles. The number of hydrogen-bond acceptors (Lipinski definition) is 4. The lowest BCUT2D eigenvalue weighted by atomic mass is 10.0. The van der Waals surface area contributed by atoms with Crippen molar-refractivity contribution < 1.29 is 14.4 Å². The molecule has 2 aromatic carbocycles. The van der Waals surface area contributed by atoms with Gasteiger partial charge < -0.3 is 10.6 Å². The van der Waals surface area contributed by atoms with E-state index < -0.39 is 0 Å². The van der Waals surface area contributed by atoms with Gasteiger partial charge in [0.1, 0.15) is 0 Å². The van der Waals surface area contributed by atoms with Gasteiger partial charge in [0.25, 0.3) is 5.91 Å². The number of anilines is 1. The van der Waals surface area contributed by atoms with Crippen molar-refractivity contribution in [3.05, 3.63) is 95.3 Å². The quantitative estimate of drug-likeness (QED) is 0.560. The number of amides is 2. The molecule has 6 nitrogen and oxygen atoms in total. The van der Waals surface area contributed by atoms with Crippen molar-refractivity contribution in [2.75, 3.05) is 5.32 Å². The van der Waals surface area contributed by atoms with E-state index in [0.717, 1.165) is 11.1 Å². The normalized spacial score (nSPS) is 10.3. The van der Waals surface area contributed by atoms with Gasteiger partial charge in [0.15, 0.2) is 5.78 Å². The molecule has 0 radical (unpaired) electrons. The summed E-state index contributed by atoms with van der Waals surface area (Å²) in [4.78, 5) is 40.7. The Morgan fingerprint density at radius 2 is 1.63 bits per heavy atom. The number of carbonyl (C=O) groups excluding carboxylic acids is 3. The lowest BCUT2D eigenvalue weighted by Crippen LogP contribution is -2.24. The third kappa shape index (κ3) is 5.85. The topological polar surface area (TPSA) is 88.2 Å². The first-order chi connectivity index (χ1) is 14.5. The van der Waals surface area contributed by atoms with E-state index in [2.05, 4.69) is 15.6 Å². The number of ketones is 1. The molecule has 0 fully saturated rings. The summed E-state index contributed by atoms with van der Waals surface area (Å²) >= 11 is 0. The molecule has 0 aliphatic heterocycles. The highest BCUT2D eigenvalue weighted by Gasteiger charge is 2.12. The van der Waals surface area contributed by atoms with Crippen molar-refractivity contribution in [2.45, 2.75) is 26.3 Å². The third-order valence-corrected chi connectivity index (χ3v) is 4.62. The molecule has 1 heterocycles. The molecule has 2 N–H and O–H groups in total. The molecule has 0 saturated carbocycles. The Morgan fingerprint density at radius 3 is 2.37 bits per heavy atom. The molecule has 0 bridgehead atoms. The SMILES string of the molecule is Cc1ccc(C(=O)CCC(=O)NCc2ccccc2NC(=O)c2cccnc2)cc1. The smallest absolute Gasteiger partial charge is 0.257 e. The number of hydrogen-bond donors (Lipinski definition) is 2. The third-order valence-electron chi connectivity index (χ3n) is 4.62. The van der Waals surface area contributed by atoms with Gasteiger partial charge in [-0.15, -0.1) is 0 Å². The highest BCUT2D eigenvalue weighted by Crippen LogP contribution is 2.16. The zero-order valence-electron chi connectivity index (χ0n) is 16.7. The van der Waals surface area contributed by atoms with Gasteiger partial charge in [-0.2, -0.15) is 0 Å². The molecule has 6 heteroatoms. The van der Waals surface area contributed by atoms with Crippen LogP contribution in [-0.2, 0) is 11.3 Å². The van der Waals surface area contributed by atoms with Gasteiger partial charge in [0, 0.05) is 43.0 Å². The van der Waals surface area contributed by atoms with E-state index in [1.165, 1.54) is 6.20 Å². The minimum atomic E-state index is -0.273. The number of pyridine rings is 1. The zero-order valence-corrected chi connectivity index (χ0v) is 16.7. The molecule has 0 atom stereocenters. The Labute approximate surface area is 175 Å². The average Bonchev–Trinajstić information content (AvgIpc) is 2.78. The Kier molecular flexibility index (Phi) is 7.05. The van der Waals surface area contributed by atoms with E-state index in [1.54, 1.807) is 36.5 Å². The molecular weight excluding hydrogens is 378 g/mol. The highest BCUT2D eigenvalue weighted by atomic mass is 16.2. The first-order valence-electron chi connectivity index (χ1n) is 9.69. The summed E-state index contributed by atoms with van der Waals surface area (Å²) in [6.07, 6.45) is 3.35. The van der Waals surface area contributed by atoms with Crippen LogP contribution in [0.3, 0.4) is 0 Å². The average molecular weight is 401 g/mol. The Balaban J connectivity index is 1.53. The molecular formula is C24H23N3O3. The molecule has 3 rings (SSSR count). The van der Waals surface area contributed by atoms with E-state index in [9.17, 15) is 14.4 Å². The number of Topliss-reactive ketones (excluding diaryl/α,β-unsaturated/α-hetero) is 1. The van der Waals surface area contributed by atoms with Crippen LogP contribution in [0.4, 0.5) is 5.69 Å². The van der Waals surface area contributed by atoms with Gasteiger partial charge in [-0.05, 0) is 30.7 Å². The summed E-state index contributed by atoms with van der Waals surface area (Å²) in [6, 6.07) is 17.9. The Bertz CT molecular complexity index is 1030. The summed E-state index contributed by atoms with van der Waals surface area (Å²) in [5, 5.41) is 5.66. The molecule has 2 amide bonds. The van der Waals surface area contributed by atoms with Crippen molar-refractivity contribution in [3.63, 3.8) is 0 Å². The predicted molar refractivity (Wildman–Crippen MR) is 115 cm³/mol. The highest BCUT2D eigenvalue weighted by molar-refractivity contribution is 6.04. The van der Waals surface area contributed by atoms with Gasteiger partial charge in [0.2, 0.25) is 5.91 Å². The van der Waals surface area contributed by atoms with E-state index >= 15 is 0 Å². The van der Waals surface area contributed by atoms with E-state index in [-0.39, 0.29) is 37.0 Å². The van der Waals surface area contributed by atoms with Gasteiger partial charge in [-0.1, -0.05) is 48.0 Å². The first-order valence-corrected chi connectivity index (χ1v) is 9.69. The van der Waals surface area contributed by atoms with Crippen molar-refractivity contribution >= 4 is 23.3 Å². The largest absolute Gasteiger partial charge is 0.352 e. The summed E-state index contributed by atoms with van der Waals surface area (Å²) in [6.45, 7) is 2.21. The van der Waals surface area contributed by atoms with Crippen LogP contribution in [0.15, 0.2) is 73.1 Å². The van der Waals surface area contributed by atoms with Crippen LogP contribution in [-0.4, -0.2) is 22.6 Å². The monoisotopic (exact) mass is 401 g/mol. The minimum Gasteiger partial charge on any atom is -0.352 e. The van der Waals surface area contributed by atoms with Gasteiger partial charge in [-0.3, -0.25) is 19.4 Å². The van der Waals surface area contributed by atoms with Gasteiger partial charge in [-0.25, -0.2) is 0 Å². The molecule has 0 aliphatic carbocycles. The second kappa shape index (κ2) is 10.1. The lowest BCUT2D eigenvalue weighted by Gasteiger charge is -2.12. The summed E-state index contributed by atoms with van der Waals surface area (Å²) in [5.74, 6) is -0.552. The van der Waals surface area contributed by atoms with Crippen LogP contribution in [0.25, 0.3) is 0 Å². The number of carbonyl (C=O) groups is 3. The number of nitrogens with one attached hydrogen (secondary N) is 2. The van der Waals surface area contributed by atoms with Crippen LogP contribution < -0.4 is 10.6 Å². The van der Waals surface area contributed by atoms with Crippen molar-refractivity contribution in [1.82, 2.24) is 10.3 Å². The number of aryl methyl sites for hydroxylation is 1. The van der Waals surface area contributed by atoms with Crippen molar-refractivity contribution in [2.24, 2.45) is 0 Å². The van der Waals surface area contributed by atoms with E-state index in [4.69, 9.17) is 0 Å². The molecule has 3 aromatic rings. The standard InChI is InChI=1S/C24H23N3O3/c1-17-8-10-18(11-9-17)22(28)12-13-23(29)26-16-19-5-2-3-7-21(19)27-24(30)20-6-4-14-25-15-20/h2-11,14-15H,12-13,16H2,1H3,(H,26,29)(H,27,30). The second-order valence-electron chi connectivity index (χ2n) is 6.92. The second-order valence-corrected chi connectivity index (χ2v) is 6.92. The van der Waals surface area contributed by atoms with E-state index in [0.29, 0.717) is 16.8 Å². The van der Waals surface area contributed by atoms with Crippen LogP contribution >= 0.6 is 0 Å². The fourth-order valence-electron chi connectivity index (χ4n) is 2.88. The molecule has 152 valence electrons. The Hall–Kier alpha value is -3.80. The molecule has 0 aliphatic rings. The van der Waals surface area contributed by atoms with Crippen molar-refractivity contribution in [3.8, 4) is 0 Å². The summed E-state index contributed by atoms with van der Waals surface area (Å²) in [5.41, 5.74) is 3.52. The van der Waals surface area contributed by atoms with Crippen LogP contribution in [0, 0.1) is 6.92 Å². The summed E-state index contributed by atoms with van der Waals surface area (Å²) in [7, 11) is 0. The minimum absolute atomic E-state index is 0.0608. The Morgan fingerprint density at radius 1 is 0.867 bits per heavy atom. The zero-order chi connectivity index (χ0) is 21.3. The fourth-order valence-corrected chi connectivity index (χ4v) is 2.88. The molecule has 0 unspecified atom stereocenters. The molecule has 30 heavy (non-hydrogen) atoms. The van der Waals surface area contributed by atoms with Crippen molar-refractivity contribution in [1.29, 1.82) is 0 Å². The van der Waals surface area contributed by atoms with Crippen LogP contribution in [0.2, 0.25) is 0 Å². The number of rotatable bonds is 8. The molecule has 0 saturated heterocycles. The summed E-state index contributed by atoms with van der Waals surface area (Å²) < 4.78 is 0. The predicted octanol–water partition coefficient (Wildman–Crippen LogP) is 3.92. The first kappa shape index (κ1) is 20.9. The van der Waals surface area contributed by atoms with Gasteiger partial charge >= 0.3 is 0 Å². The number of benzene rings is 2. The van der Waals surface area contributed by atoms with E-state index in [1.807, 2.05) is 37.3 Å². The maximum atomic E-state index is 12.4. The maximum absolute atomic E-state index is 12.4. The number of nitrogens with zero attached hydrogens (tertiary/aromatic N) is 1. The van der Waals surface area contributed by atoms with Crippen LogP contribution in [0.5, 0.6) is 0 Å². The number of para-hydroxylation sites is 1. The van der Waals surface area contributed by atoms with Crippen LogP contribution in [0.1, 0.15) is 44.7 Å². The van der Waals surface area contributed by atoms with Gasteiger partial charge in [0.05, 0.1) is 5.56 Å². The lowest BCUT2D eigenvalue weighted by molar-refractivity contribution is -0.121. The molecule has 0 spiro atoms. The fraction of sp³-hybridized carbons (Fsp3) is 0.167.